The highest BCUT2D eigenvalue weighted by Crippen LogP contribution is 2.31. The molecule has 0 aliphatic carbocycles. The van der Waals surface area contributed by atoms with Gasteiger partial charge in [-0.05, 0) is 49.4 Å². The number of alkyl halides is 3. The normalized spacial score (nSPS) is 11.1. The minimum absolute atomic E-state index is 0.197. The van der Waals surface area contributed by atoms with Crippen LogP contribution < -0.4 is 9.47 Å². The average molecular weight is 419 g/mol. The van der Waals surface area contributed by atoms with Crippen LogP contribution in [0.5, 0.6) is 17.2 Å². The predicted molar refractivity (Wildman–Crippen MR) is 101 cm³/mol. The fraction of sp³-hybridized carbons (Fsp3) is 0.190. The number of hydrogen-bond donors (Lipinski definition) is 0. The lowest BCUT2D eigenvalue weighted by Crippen LogP contribution is -2.16. The first-order valence-corrected chi connectivity index (χ1v) is 8.83. The zero-order valence-corrected chi connectivity index (χ0v) is 15.7. The van der Waals surface area contributed by atoms with Gasteiger partial charge in [-0.1, -0.05) is 0 Å². The summed E-state index contributed by atoms with van der Waals surface area (Å²) in [5.74, 6) is 1.44. The first-order valence-electron chi connectivity index (χ1n) is 8.83. The number of benzene rings is 2. The number of nitrogens with zero attached hydrogens (tertiary/aromatic N) is 1. The number of carbonyl (C=O) groups excluding carboxylic acids is 2. The number of ether oxygens (including phenoxy) is 3. The Labute approximate surface area is 169 Å². The molecular weight excluding hydrogens is 403 g/mol. The van der Waals surface area contributed by atoms with Crippen LogP contribution in [0.15, 0.2) is 54.7 Å². The maximum atomic E-state index is 12.3. The Balaban J connectivity index is 1.90. The molecule has 0 saturated carbocycles. The van der Waals surface area contributed by atoms with E-state index in [1.165, 1.54) is 18.2 Å². The summed E-state index contributed by atoms with van der Waals surface area (Å²) in [6.07, 6.45) is -1.92. The van der Waals surface area contributed by atoms with E-state index < -0.39 is 12.3 Å². The maximum absolute atomic E-state index is 12.3. The Morgan fingerprint density at radius 3 is 2.40 bits per heavy atom. The Hall–Kier alpha value is -3.71. The number of rotatable bonds is 7. The zero-order valence-electron chi connectivity index (χ0n) is 15.7. The van der Waals surface area contributed by atoms with Crippen LogP contribution in [0.25, 0.3) is 10.9 Å². The lowest BCUT2D eigenvalue weighted by Gasteiger charge is -2.10. The van der Waals surface area contributed by atoms with Crippen LogP contribution in [0.3, 0.4) is 0 Å². The lowest BCUT2D eigenvalue weighted by molar-refractivity contribution is -0.274. The molecule has 0 radical (unpaired) electrons. The van der Waals surface area contributed by atoms with Gasteiger partial charge in [-0.2, -0.15) is 0 Å². The van der Waals surface area contributed by atoms with Gasteiger partial charge in [0, 0.05) is 23.2 Å². The molecule has 0 aliphatic heterocycles. The van der Waals surface area contributed by atoms with Crippen molar-refractivity contribution < 1.29 is 37.0 Å². The molecule has 156 valence electrons. The van der Waals surface area contributed by atoms with Crippen molar-refractivity contribution in [3.05, 3.63) is 60.3 Å². The summed E-state index contributed by atoms with van der Waals surface area (Å²) < 4.78 is 53.1. The molecule has 0 saturated heterocycles. The molecule has 0 N–H and O–H groups in total. The van der Waals surface area contributed by atoms with Crippen LogP contribution in [0.1, 0.15) is 17.3 Å². The largest absolute Gasteiger partial charge is 0.573 e. The number of aromatic nitrogens is 1. The van der Waals surface area contributed by atoms with Gasteiger partial charge in [-0.25, -0.2) is 9.59 Å². The second-order valence-electron chi connectivity index (χ2n) is 6.04. The fourth-order valence-corrected chi connectivity index (χ4v) is 2.84. The van der Waals surface area contributed by atoms with E-state index >= 15 is 0 Å². The summed E-state index contributed by atoms with van der Waals surface area (Å²) >= 11 is 0. The second-order valence-corrected chi connectivity index (χ2v) is 6.04. The van der Waals surface area contributed by atoms with Gasteiger partial charge in [0.05, 0.1) is 18.7 Å². The maximum Gasteiger partial charge on any atom is 0.573 e. The van der Waals surface area contributed by atoms with Gasteiger partial charge in [0.2, 0.25) is 0 Å². The Morgan fingerprint density at radius 2 is 1.77 bits per heavy atom. The number of allylic oxidation sites excluding steroid dienone is 1. The molecule has 3 rings (SSSR count). The molecule has 1 heterocycles. The minimum atomic E-state index is -4.77. The molecule has 9 heteroatoms. The highest BCUT2D eigenvalue weighted by molar-refractivity contribution is 6.04. The molecule has 0 amide bonds. The third kappa shape index (κ3) is 5.01. The van der Waals surface area contributed by atoms with Crippen molar-refractivity contribution >= 4 is 22.8 Å². The van der Waals surface area contributed by atoms with Crippen molar-refractivity contribution in [1.29, 1.82) is 0 Å². The van der Waals surface area contributed by atoms with Gasteiger partial charge < -0.3 is 18.8 Å². The van der Waals surface area contributed by atoms with Gasteiger partial charge in [-0.15, -0.1) is 13.2 Å². The van der Waals surface area contributed by atoms with Crippen LogP contribution in [0, 0.1) is 0 Å². The van der Waals surface area contributed by atoms with Crippen molar-refractivity contribution in [1.82, 2.24) is 4.57 Å². The highest BCUT2D eigenvalue weighted by atomic mass is 19.4. The van der Waals surface area contributed by atoms with Crippen LogP contribution in [-0.2, 0) is 16.1 Å². The molecule has 0 unspecified atom stereocenters. The van der Waals surface area contributed by atoms with Gasteiger partial charge in [0.15, 0.2) is 0 Å². The Bertz CT molecular complexity index is 1100. The Morgan fingerprint density at radius 1 is 1.10 bits per heavy atom. The van der Waals surface area contributed by atoms with E-state index in [1.54, 1.807) is 41.8 Å². The topological polar surface area (TPSA) is 66.8 Å². The van der Waals surface area contributed by atoms with E-state index in [2.05, 4.69) is 4.74 Å². The summed E-state index contributed by atoms with van der Waals surface area (Å²) in [5.41, 5.74) is 0.969. The molecule has 0 fully saturated rings. The van der Waals surface area contributed by atoms with Crippen LogP contribution >= 0.6 is 0 Å². The summed E-state index contributed by atoms with van der Waals surface area (Å²) in [6, 6.07) is 9.88. The summed E-state index contributed by atoms with van der Waals surface area (Å²) in [6.45, 7) is 2.11. The summed E-state index contributed by atoms with van der Waals surface area (Å²) in [5, 5.41) is 0.544. The second kappa shape index (κ2) is 8.75. The van der Waals surface area contributed by atoms with Crippen molar-refractivity contribution in [2.24, 2.45) is 0 Å². The summed E-state index contributed by atoms with van der Waals surface area (Å²) in [7, 11) is 0. The number of fused-ring (bicyclic) bond motifs is 1. The Kier molecular flexibility index (Phi) is 6.13. The molecule has 6 nitrogen and oxygen atoms in total. The standard InChI is InChI=1S/C21H16F3NO5/c1-2-28-20(27)18-13-25(10-3-11-26)19-9-8-16(12-17(18)19)29-14-4-6-15(7-5-14)30-21(22,23)24/h3-9,12-13H,2,10H2,1H3. The van der Waals surface area contributed by atoms with E-state index in [-0.39, 0.29) is 24.7 Å². The monoisotopic (exact) mass is 419 g/mol. The smallest absolute Gasteiger partial charge is 0.462 e. The van der Waals surface area contributed by atoms with Crippen molar-refractivity contribution in [3.8, 4) is 17.2 Å². The van der Waals surface area contributed by atoms with E-state index in [1.807, 2.05) is 0 Å². The molecule has 0 spiro atoms. The molecular formula is C21H16F3NO5. The third-order valence-electron chi connectivity index (χ3n) is 4.01. The van der Waals surface area contributed by atoms with Crippen LogP contribution in [0.2, 0.25) is 0 Å². The fourth-order valence-electron chi connectivity index (χ4n) is 2.84. The SMILES string of the molecule is CCOC(=O)c1cn(CC=C=O)c2ccc(Oc3ccc(OC(F)(F)F)cc3)cc12. The summed E-state index contributed by atoms with van der Waals surface area (Å²) in [4.78, 5) is 22.8. The van der Waals surface area contributed by atoms with E-state index in [0.29, 0.717) is 22.2 Å². The van der Waals surface area contributed by atoms with Crippen LogP contribution in [0.4, 0.5) is 13.2 Å². The minimum Gasteiger partial charge on any atom is -0.462 e. The zero-order chi connectivity index (χ0) is 21.7. The molecule has 2 aromatic carbocycles. The molecule has 0 atom stereocenters. The number of halogens is 3. The van der Waals surface area contributed by atoms with Crippen molar-refractivity contribution in [2.45, 2.75) is 19.8 Å². The van der Waals surface area contributed by atoms with Crippen molar-refractivity contribution in [3.63, 3.8) is 0 Å². The van der Waals surface area contributed by atoms with Gasteiger partial charge in [-0.3, -0.25) is 0 Å². The first kappa shape index (κ1) is 21.0. The molecule has 0 aliphatic rings. The molecule has 30 heavy (non-hydrogen) atoms. The quantitative estimate of drug-likeness (QED) is 0.403. The highest BCUT2D eigenvalue weighted by Gasteiger charge is 2.31. The molecule has 0 bridgehead atoms. The van der Waals surface area contributed by atoms with Crippen molar-refractivity contribution in [2.75, 3.05) is 6.61 Å². The number of esters is 1. The molecule has 1 aromatic heterocycles. The van der Waals surface area contributed by atoms with Gasteiger partial charge >= 0.3 is 12.3 Å². The van der Waals surface area contributed by atoms with Crippen LogP contribution in [-0.4, -0.2) is 29.4 Å². The predicted octanol–water partition coefficient (Wildman–Crippen LogP) is 4.90. The number of carbonyl (C=O) groups is 1. The van der Waals surface area contributed by atoms with E-state index in [0.717, 1.165) is 12.1 Å². The van der Waals surface area contributed by atoms with Gasteiger partial charge in [0.1, 0.15) is 23.2 Å². The van der Waals surface area contributed by atoms with E-state index in [4.69, 9.17) is 9.47 Å². The first-order chi connectivity index (χ1) is 14.3. The average Bonchev–Trinajstić information content (AvgIpc) is 3.05. The number of hydrogen-bond acceptors (Lipinski definition) is 5. The molecule has 3 aromatic rings. The van der Waals surface area contributed by atoms with Gasteiger partial charge in [0.25, 0.3) is 0 Å². The van der Waals surface area contributed by atoms with E-state index in [9.17, 15) is 22.8 Å². The lowest BCUT2D eigenvalue weighted by atomic mass is 10.1. The third-order valence-corrected chi connectivity index (χ3v) is 4.01.